The van der Waals surface area contributed by atoms with E-state index in [-0.39, 0.29) is 31.3 Å². The number of anilines is 1. The Morgan fingerprint density at radius 3 is 2.65 bits per heavy atom. The molecular formula is C19H16ClNO5. The molecule has 2 aromatic carbocycles. The van der Waals surface area contributed by atoms with Crippen LogP contribution in [0.25, 0.3) is 0 Å². The number of esters is 1. The fourth-order valence-corrected chi connectivity index (χ4v) is 2.83. The molecule has 1 aliphatic heterocycles. The van der Waals surface area contributed by atoms with Crippen molar-refractivity contribution >= 4 is 34.9 Å². The van der Waals surface area contributed by atoms with Gasteiger partial charge in [-0.15, -0.1) is 0 Å². The van der Waals surface area contributed by atoms with E-state index in [1.807, 2.05) is 0 Å². The first-order valence-corrected chi connectivity index (χ1v) is 8.39. The molecule has 0 fully saturated rings. The number of hydrogen-bond acceptors (Lipinski definition) is 5. The topological polar surface area (TPSA) is 72.9 Å². The molecule has 7 heteroatoms. The molecule has 0 spiro atoms. The van der Waals surface area contributed by atoms with Crippen LogP contribution < -0.4 is 9.64 Å². The smallest absolute Gasteiger partial charge is 0.308 e. The molecule has 0 radical (unpaired) electrons. The summed E-state index contributed by atoms with van der Waals surface area (Å²) in [5, 5.41) is 0.309. The van der Waals surface area contributed by atoms with Crippen molar-refractivity contribution in [2.24, 2.45) is 0 Å². The van der Waals surface area contributed by atoms with Crippen molar-refractivity contribution in [2.45, 2.75) is 6.42 Å². The predicted molar refractivity (Wildman–Crippen MR) is 95.6 cm³/mol. The molecule has 1 aliphatic rings. The van der Waals surface area contributed by atoms with E-state index in [2.05, 4.69) is 0 Å². The molecule has 0 saturated heterocycles. The maximum absolute atomic E-state index is 12.0. The molecule has 1 amide bonds. The van der Waals surface area contributed by atoms with Crippen molar-refractivity contribution in [1.29, 1.82) is 0 Å². The summed E-state index contributed by atoms with van der Waals surface area (Å²) < 4.78 is 10.4. The monoisotopic (exact) mass is 373 g/mol. The first-order chi connectivity index (χ1) is 12.6. The third-order valence-electron chi connectivity index (χ3n) is 3.89. The highest BCUT2D eigenvalue weighted by Crippen LogP contribution is 2.31. The van der Waals surface area contributed by atoms with Crippen molar-refractivity contribution in [2.75, 3.05) is 24.7 Å². The Kier molecular flexibility index (Phi) is 5.53. The second-order valence-electron chi connectivity index (χ2n) is 5.62. The number of para-hydroxylation sites is 2. The summed E-state index contributed by atoms with van der Waals surface area (Å²) in [4.78, 5) is 37.5. The lowest BCUT2D eigenvalue weighted by Crippen LogP contribution is -2.40. The standard InChI is InChI=1S/C19H16ClNO5/c20-14-6-2-1-5-13(14)16(22)11-26-19(24)9-10-21-15-7-3-4-8-17(15)25-12-18(21)23/h1-8H,9-12H2. The van der Waals surface area contributed by atoms with E-state index in [0.29, 0.717) is 22.0 Å². The molecule has 0 bridgehead atoms. The number of nitrogens with zero attached hydrogens (tertiary/aromatic N) is 1. The van der Waals surface area contributed by atoms with Gasteiger partial charge in [-0.1, -0.05) is 35.9 Å². The molecule has 0 saturated carbocycles. The quantitative estimate of drug-likeness (QED) is 0.575. The third kappa shape index (κ3) is 4.03. The summed E-state index contributed by atoms with van der Waals surface area (Å²) in [6, 6.07) is 13.7. The van der Waals surface area contributed by atoms with Crippen molar-refractivity contribution in [3.8, 4) is 5.75 Å². The lowest BCUT2D eigenvalue weighted by molar-refractivity contribution is -0.142. The number of ketones is 1. The second kappa shape index (κ2) is 8.01. The Hall–Kier alpha value is -2.86. The van der Waals surface area contributed by atoms with E-state index >= 15 is 0 Å². The number of carbonyl (C=O) groups is 3. The highest BCUT2D eigenvalue weighted by molar-refractivity contribution is 6.34. The molecule has 26 heavy (non-hydrogen) atoms. The van der Waals surface area contributed by atoms with Gasteiger partial charge in [-0.2, -0.15) is 0 Å². The van der Waals surface area contributed by atoms with Gasteiger partial charge in [0.15, 0.2) is 13.2 Å². The van der Waals surface area contributed by atoms with Crippen molar-refractivity contribution in [3.63, 3.8) is 0 Å². The number of hydrogen-bond donors (Lipinski definition) is 0. The minimum absolute atomic E-state index is 0.0319. The predicted octanol–water partition coefficient (Wildman–Crippen LogP) is 2.88. The summed E-state index contributed by atoms with van der Waals surface area (Å²) in [5.41, 5.74) is 0.919. The number of rotatable bonds is 6. The van der Waals surface area contributed by atoms with Gasteiger partial charge in [-0.3, -0.25) is 14.4 Å². The van der Waals surface area contributed by atoms with E-state index in [1.165, 1.54) is 4.90 Å². The highest BCUT2D eigenvalue weighted by Gasteiger charge is 2.25. The molecule has 0 unspecified atom stereocenters. The van der Waals surface area contributed by atoms with Gasteiger partial charge in [0, 0.05) is 12.1 Å². The lowest BCUT2D eigenvalue weighted by atomic mass is 10.1. The van der Waals surface area contributed by atoms with E-state index in [9.17, 15) is 14.4 Å². The lowest BCUT2D eigenvalue weighted by Gasteiger charge is -2.28. The molecule has 2 aromatic rings. The Morgan fingerprint density at radius 1 is 1.12 bits per heavy atom. The number of halogens is 1. The van der Waals surface area contributed by atoms with Gasteiger partial charge in [-0.05, 0) is 24.3 Å². The van der Waals surface area contributed by atoms with Crippen LogP contribution in [0.4, 0.5) is 5.69 Å². The van der Waals surface area contributed by atoms with Gasteiger partial charge in [-0.25, -0.2) is 0 Å². The van der Waals surface area contributed by atoms with Crippen LogP contribution in [-0.2, 0) is 14.3 Å². The van der Waals surface area contributed by atoms with Crippen LogP contribution >= 0.6 is 11.6 Å². The number of carbonyl (C=O) groups excluding carboxylic acids is 3. The maximum atomic E-state index is 12.0. The van der Waals surface area contributed by atoms with E-state index in [0.717, 1.165) is 0 Å². The van der Waals surface area contributed by atoms with Gasteiger partial charge in [0.05, 0.1) is 17.1 Å². The minimum Gasteiger partial charge on any atom is -0.482 e. The normalized spacial score (nSPS) is 13.0. The molecule has 6 nitrogen and oxygen atoms in total. The largest absolute Gasteiger partial charge is 0.482 e. The Morgan fingerprint density at radius 2 is 1.85 bits per heavy atom. The Bertz CT molecular complexity index is 851. The van der Waals surface area contributed by atoms with Gasteiger partial charge in [0.25, 0.3) is 5.91 Å². The van der Waals surface area contributed by atoms with Gasteiger partial charge in [0.2, 0.25) is 5.78 Å². The number of benzene rings is 2. The van der Waals surface area contributed by atoms with E-state index in [4.69, 9.17) is 21.1 Å². The molecule has 0 N–H and O–H groups in total. The average Bonchev–Trinajstić information content (AvgIpc) is 2.65. The van der Waals surface area contributed by atoms with E-state index in [1.54, 1.807) is 48.5 Å². The number of ether oxygens (including phenoxy) is 2. The first-order valence-electron chi connectivity index (χ1n) is 8.02. The molecule has 0 aromatic heterocycles. The molecule has 0 aliphatic carbocycles. The van der Waals surface area contributed by atoms with E-state index < -0.39 is 12.6 Å². The number of amides is 1. The second-order valence-corrected chi connectivity index (χ2v) is 6.02. The Labute approximate surface area is 155 Å². The maximum Gasteiger partial charge on any atom is 0.308 e. The van der Waals surface area contributed by atoms with Crippen LogP contribution in [0.15, 0.2) is 48.5 Å². The zero-order chi connectivity index (χ0) is 18.5. The van der Waals surface area contributed by atoms with Gasteiger partial charge < -0.3 is 14.4 Å². The van der Waals surface area contributed by atoms with Crippen molar-refractivity contribution in [3.05, 3.63) is 59.1 Å². The highest BCUT2D eigenvalue weighted by atomic mass is 35.5. The van der Waals surface area contributed by atoms with Crippen LogP contribution in [0.2, 0.25) is 5.02 Å². The van der Waals surface area contributed by atoms with Crippen LogP contribution in [0.5, 0.6) is 5.75 Å². The third-order valence-corrected chi connectivity index (χ3v) is 4.22. The van der Waals surface area contributed by atoms with Crippen molar-refractivity contribution < 1.29 is 23.9 Å². The summed E-state index contributed by atoms with van der Waals surface area (Å²) in [7, 11) is 0. The average molecular weight is 374 g/mol. The zero-order valence-electron chi connectivity index (χ0n) is 13.8. The number of fused-ring (bicyclic) bond motifs is 1. The van der Waals surface area contributed by atoms with Gasteiger partial charge in [0.1, 0.15) is 5.75 Å². The fourth-order valence-electron chi connectivity index (χ4n) is 2.59. The summed E-state index contributed by atoms with van der Waals surface area (Å²) in [6.45, 7) is -0.314. The summed E-state index contributed by atoms with van der Waals surface area (Å²) >= 11 is 5.94. The number of Topliss-reactive ketones (excluding diaryl/α,β-unsaturated/α-hetero) is 1. The van der Waals surface area contributed by atoms with Crippen LogP contribution in [0.1, 0.15) is 16.8 Å². The molecule has 1 heterocycles. The minimum atomic E-state index is -0.567. The summed E-state index contributed by atoms with van der Waals surface area (Å²) in [6.07, 6.45) is -0.0319. The van der Waals surface area contributed by atoms with Gasteiger partial charge >= 0.3 is 5.97 Å². The summed E-state index contributed by atoms with van der Waals surface area (Å²) in [5.74, 6) is -0.586. The van der Waals surface area contributed by atoms with Crippen LogP contribution in [0.3, 0.4) is 0 Å². The molecule has 0 atom stereocenters. The zero-order valence-corrected chi connectivity index (χ0v) is 14.6. The Balaban J connectivity index is 1.54. The fraction of sp³-hybridized carbons (Fsp3) is 0.211. The first kappa shape index (κ1) is 17.9. The molecule has 134 valence electrons. The molecule has 3 rings (SSSR count). The van der Waals surface area contributed by atoms with Crippen LogP contribution in [-0.4, -0.2) is 37.4 Å². The SMILES string of the molecule is O=C(CCN1C(=O)COc2ccccc21)OCC(=O)c1ccccc1Cl. The van der Waals surface area contributed by atoms with Crippen LogP contribution in [0, 0.1) is 0 Å². The van der Waals surface area contributed by atoms with Crippen molar-refractivity contribution in [1.82, 2.24) is 0 Å². The molecular weight excluding hydrogens is 358 g/mol.